The number of aromatic nitrogens is 2. The zero-order chi connectivity index (χ0) is 22.9. The molecule has 1 N–H and O–H groups in total. The third kappa shape index (κ3) is 4.23. The highest BCUT2D eigenvalue weighted by Crippen LogP contribution is 2.34. The number of rotatable bonds is 4. The quantitative estimate of drug-likeness (QED) is 0.279. The Balaban J connectivity index is 1.54. The highest BCUT2D eigenvalue weighted by atomic mass is 35.5. The van der Waals surface area contributed by atoms with E-state index in [1.165, 1.54) is 11.3 Å². The van der Waals surface area contributed by atoms with Crippen molar-refractivity contribution in [3.8, 4) is 22.5 Å². The van der Waals surface area contributed by atoms with Crippen LogP contribution >= 0.6 is 34.5 Å². The Bertz CT molecular complexity index is 1500. The van der Waals surface area contributed by atoms with Gasteiger partial charge in [-0.15, -0.1) is 11.3 Å². The SMILES string of the molecule is Cc1c(-c2ccccc2)nc2ccccc2c1C(=O)Nc1nc(-c2ccc(Cl)cc2Cl)cs1. The predicted octanol–water partition coefficient (Wildman–Crippen LogP) is 7.89. The number of fused-ring (bicyclic) bond motifs is 1. The van der Waals surface area contributed by atoms with Crippen LogP contribution in [0.15, 0.2) is 78.2 Å². The van der Waals surface area contributed by atoms with Gasteiger partial charge in [-0.2, -0.15) is 0 Å². The van der Waals surface area contributed by atoms with Gasteiger partial charge in [0, 0.05) is 26.9 Å². The van der Waals surface area contributed by atoms with E-state index >= 15 is 0 Å². The molecule has 0 spiro atoms. The summed E-state index contributed by atoms with van der Waals surface area (Å²) in [5.41, 5.74) is 5.35. The minimum atomic E-state index is -0.230. The van der Waals surface area contributed by atoms with Gasteiger partial charge < -0.3 is 0 Å². The fourth-order valence-electron chi connectivity index (χ4n) is 3.79. The highest BCUT2D eigenvalue weighted by Gasteiger charge is 2.20. The zero-order valence-corrected chi connectivity index (χ0v) is 19.8. The average Bonchev–Trinajstić information content (AvgIpc) is 3.27. The molecule has 3 aromatic carbocycles. The summed E-state index contributed by atoms with van der Waals surface area (Å²) in [5, 5.41) is 7.17. The van der Waals surface area contributed by atoms with E-state index in [1.54, 1.807) is 12.1 Å². The molecule has 4 nitrogen and oxygen atoms in total. The standard InChI is InChI=1S/C26H17Cl2N3OS/c1-15-23(19-9-5-6-10-21(19)29-24(15)16-7-3-2-4-8-16)25(32)31-26-30-22(14-33-26)18-12-11-17(27)13-20(18)28/h2-14H,1H3,(H,30,31,32). The van der Waals surface area contributed by atoms with Crippen LogP contribution in [0.25, 0.3) is 33.4 Å². The van der Waals surface area contributed by atoms with E-state index in [-0.39, 0.29) is 5.91 Å². The van der Waals surface area contributed by atoms with Crippen molar-refractivity contribution >= 4 is 56.5 Å². The number of pyridine rings is 1. The number of nitrogens with zero attached hydrogens (tertiary/aromatic N) is 2. The van der Waals surface area contributed by atoms with Gasteiger partial charge in [0.25, 0.3) is 5.91 Å². The minimum Gasteiger partial charge on any atom is -0.298 e. The van der Waals surface area contributed by atoms with Crippen LogP contribution in [0.3, 0.4) is 0 Å². The lowest BCUT2D eigenvalue weighted by Gasteiger charge is -2.14. The molecule has 5 rings (SSSR count). The van der Waals surface area contributed by atoms with Crippen molar-refractivity contribution in [2.24, 2.45) is 0 Å². The summed E-state index contributed by atoms with van der Waals surface area (Å²) in [7, 11) is 0. The third-order valence-electron chi connectivity index (χ3n) is 5.34. The smallest absolute Gasteiger partial charge is 0.258 e. The summed E-state index contributed by atoms with van der Waals surface area (Å²) in [5.74, 6) is -0.230. The summed E-state index contributed by atoms with van der Waals surface area (Å²) >= 11 is 13.7. The van der Waals surface area contributed by atoms with Crippen LogP contribution in [-0.2, 0) is 0 Å². The lowest BCUT2D eigenvalue weighted by molar-refractivity contribution is 0.102. The van der Waals surface area contributed by atoms with E-state index in [9.17, 15) is 4.79 Å². The molecule has 0 aliphatic heterocycles. The molecule has 0 bridgehead atoms. The normalized spacial score (nSPS) is 11.0. The number of hydrogen-bond acceptors (Lipinski definition) is 4. The van der Waals surface area contributed by atoms with Crippen LogP contribution in [0.4, 0.5) is 5.13 Å². The molecule has 2 heterocycles. The van der Waals surface area contributed by atoms with Crippen LogP contribution in [0, 0.1) is 6.92 Å². The van der Waals surface area contributed by atoms with Crippen molar-refractivity contribution in [2.45, 2.75) is 6.92 Å². The van der Waals surface area contributed by atoms with Gasteiger partial charge in [0.15, 0.2) is 5.13 Å². The molecule has 0 fully saturated rings. The van der Waals surface area contributed by atoms with E-state index in [4.69, 9.17) is 28.2 Å². The molecule has 162 valence electrons. The first-order valence-electron chi connectivity index (χ1n) is 10.2. The fourth-order valence-corrected chi connectivity index (χ4v) is 5.00. The Morgan fingerprint density at radius 1 is 0.939 bits per heavy atom. The molecule has 0 saturated carbocycles. The summed E-state index contributed by atoms with van der Waals surface area (Å²) in [6, 6.07) is 22.8. The largest absolute Gasteiger partial charge is 0.298 e. The second kappa shape index (κ2) is 8.94. The van der Waals surface area contributed by atoms with Crippen LogP contribution < -0.4 is 5.32 Å². The maximum absolute atomic E-state index is 13.5. The molecule has 1 amide bonds. The Kier molecular flexibility index (Phi) is 5.85. The predicted molar refractivity (Wildman–Crippen MR) is 137 cm³/mol. The molecule has 7 heteroatoms. The monoisotopic (exact) mass is 489 g/mol. The summed E-state index contributed by atoms with van der Waals surface area (Å²) < 4.78 is 0. The second-order valence-corrected chi connectivity index (χ2v) is 9.16. The van der Waals surface area contributed by atoms with Gasteiger partial charge in [-0.25, -0.2) is 9.97 Å². The third-order valence-corrected chi connectivity index (χ3v) is 6.65. The van der Waals surface area contributed by atoms with Crippen molar-refractivity contribution in [1.82, 2.24) is 9.97 Å². The average molecular weight is 490 g/mol. The first kappa shape index (κ1) is 21.6. The number of halogens is 2. The van der Waals surface area contributed by atoms with E-state index in [0.29, 0.717) is 26.4 Å². The molecule has 0 atom stereocenters. The van der Waals surface area contributed by atoms with Gasteiger partial charge in [-0.05, 0) is 36.8 Å². The van der Waals surface area contributed by atoms with Crippen LogP contribution in [0.5, 0.6) is 0 Å². The van der Waals surface area contributed by atoms with Crippen LogP contribution in [0.2, 0.25) is 10.0 Å². The van der Waals surface area contributed by atoms with Gasteiger partial charge in [-0.3, -0.25) is 10.1 Å². The molecule has 0 saturated heterocycles. The molecule has 0 unspecified atom stereocenters. The van der Waals surface area contributed by atoms with Gasteiger partial charge in [0.2, 0.25) is 0 Å². The number of para-hydroxylation sites is 1. The van der Waals surface area contributed by atoms with Crippen molar-refractivity contribution in [1.29, 1.82) is 0 Å². The van der Waals surface area contributed by atoms with E-state index in [0.717, 1.165) is 33.3 Å². The highest BCUT2D eigenvalue weighted by molar-refractivity contribution is 7.14. The first-order valence-corrected chi connectivity index (χ1v) is 11.8. The molecular weight excluding hydrogens is 473 g/mol. The number of nitrogens with one attached hydrogen (secondary N) is 1. The maximum atomic E-state index is 13.5. The van der Waals surface area contributed by atoms with E-state index in [2.05, 4.69) is 10.3 Å². The number of benzene rings is 3. The van der Waals surface area contributed by atoms with Gasteiger partial charge >= 0.3 is 0 Å². The number of thiazole rings is 1. The molecule has 0 aliphatic rings. The Morgan fingerprint density at radius 3 is 2.48 bits per heavy atom. The van der Waals surface area contributed by atoms with Crippen LogP contribution in [-0.4, -0.2) is 15.9 Å². The van der Waals surface area contributed by atoms with Gasteiger partial charge in [0.05, 0.1) is 27.5 Å². The second-order valence-electron chi connectivity index (χ2n) is 7.46. The first-order chi connectivity index (χ1) is 16.0. The number of carbonyl (C=O) groups is 1. The Labute approximate surface area is 204 Å². The van der Waals surface area contributed by atoms with Crippen molar-refractivity contribution in [3.05, 3.63) is 99.3 Å². The summed E-state index contributed by atoms with van der Waals surface area (Å²) in [6.07, 6.45) is 0. The topological polar surface area (TPSA) is 54.9 Å². The lowest BCUT2D eigenvalue weighted by atomic mass is 9.97. The molecule has 0 radical (unpaired) electrons. The van der Waals surface area contributed by atoms with Crippen molar-refractivity contribution in [3.63, 3.8) is 0 Å². The number of hydrogen-bond donors (Lipinski definition) is 1. The van der Waals surface area contributed by atoms with Gasteiger partial charge in [-0.1, -0.05) is 71.7 Å². The van der Waals surface area contributed by atoms with E-state index in [1.807, 2.05) is 73.0 Å². The fraction of sp³-hybridized carbons (Fsp3) is 0.0385. The maximum Gasteiger partial charge on any atom is 0.258 e. The number of carbonyl (C=O) groups excluding carboxylic acids is 1. The Morgan fingerprint density at radius 2 is 1.70 bits per heavy atom. The molecule has 0 aliphatic carbocycles. The molecule has 5 aromatic rings. The van der Waals surface area contributed by atoms with Crippen molar-refractivity contribution < 1.29 is 4.79 Å². The molecular formula is C26H17Cl2N3OS. The van der Waals surface area contributed by atoms with Gasteiger partial charge in [0.1, 0.15) is 0 Å². The van der Waals surface area contributed by atoms with Crippen LogP contribution in [0.1, 0.15) is 15.9 Å². The summed E-state index contributed by atoms with van der Waals surface area (Å²) in [6.45, 7) is 1.93. The zero-order valence-electron chi connectivity index (χ0n) is 17.5. The Hall–Kier alpha value is -3.25. The number of amides is 1. The van der Waals surface area contributed by atoms with E-state index < -0.39 is 0 Å². The number of anilines is 1. The molecule has 2 aromatic heterocycles. The lowest BCUT2D eigenvalue weighted by Crippen LogP contribution is -2.15. The molecule has 33 heavy (non-hydrogen) atoms. The minimum absolute atomic E-state index is 0.230. The van der Waals surface area contributed by atoms with Crippen molar-refractivity contribution in [2.75, 3.05) is 5.32 Å². The summed E-state index contributed by atoms with van der Waals surface area (Å²) in [4.78, 5) is 22.9.